The maximum atomic E-state index is 13.3. The Kier molecular flexibility index (Phi) is 5.95. The first-order valence-electron chi connectivity index (χ1n) is 8.50. The van der Waals surface area contributed by atoms with E-state index in [4.69, 9.17) is 5.84 Å². The largest absolute Gasteiger partial charge is 0.392 e. The van der Waals surface area contributed by atoms with Gasteiger partial charge in [-0.15, -0.1) is 0 Å². The molecule has 5 unspecified atom stereocenters. The quantitative estimate of drug-likeness (QED) is 0.596. The van der Waals surface area contributed by atoms with E-state index in [2.05, 4.69) is 12.3 Å². The van der Waals surface area contributed by atoms with Crippen LogP contribution >= 0.6 is 0 Å². The van der Waals surface area contributed by atoms with Crippen LogP contribution in [0.15, 0.2) is 0 Å². The molecular weight excluding hydrogens is 277 g/mol. The summed E-state index contributed by atoms with van der Waals surface area (Å²) < 4.78 is 40.0. The number of alkyl halides is 3. The molecule has 0 aromatic heterocycles. The van der Waals surface area contributed by atoms with Crippen molar-refractivity contribution in [2.75, 3.05) is 0 Å². The molecule has 0 spiro atoms. The minimum atomic E-state index is -4.08. The molecule has 2 fully saturated rings. The molecule has 2 nitrogen and oxygen atoms in total. The number of hydrogen-bond donors (Lipinski definition) is 2. The molecule has 21 heavy (non-hydrogen) atoms. The van der Waals surface area contributed by atoms with Gasteiger partial charge in [-0.2, -0.15) is 13.2 Å². The van der Waals surface area contributed by atoms with Gasteiger partial charge in [0.15, 0.2) is 0 Å². The Hall–Kier alpha value is -0.290. The third kappa shape index (κ3) is 4.13. The van der Waals surface area contributed by atoms with E-state index in [1.807, 2.05) is 0 Å². The molecule has 5 heteroatoms. The highest BCUT2D eigenvalue weighted by Gasteiger charge is 2.49. The molecule has 5 atom stereocenters. The van der Waals surface area contributed by atoms with Gasteiger partial charge in [0.1, 0.15) is 0 Å². The molecule has 0 saturated heterocycles. The molecule has 2 rings (SSSR count). The number of hydrogen-bond acceptors (Lipinski definition) is 2. The average Bonchev–Trinajstić information content (AvgIpc) is 2.48. The molecule has 0 aromatic rings. The van der Waals surface area contributed by atoms with Crippen molar-refractivity contribution in [2.45, 2.75) is 76.9 Å². The Bertz CT molecular complexity index is 319. The fraction of sp³-hybridized carbons (Fsp3) is 1.00. The van der Waals surface area contributed by atoms with Crippen molar-refractivity contribution in [3.05, 3.63) is 0 Å². The second kappa shape index (κ2) is 7.32. The second-order valence-corrected chi connectivity index (χ2v) is 6.99. The summed E-state index contributed by atoms with van der Waals surface area (Å²) in [5.74, 6) is 5.16. The zero-order chi connectivity index (χ0) is 15.5. The van der Waals surface area contributed by atoms with Crippen molar-refractivity contribution in [1.29, 1.82) is 0 Å². The van der Waals surface area contributed by atoms with E-state index in [0.717, 1.165) is 32.1 Å². The summed E-state index contributed by atoms with van der Waals surface area (Å²) in [4.78, 5) is 0. The zero-order valence-corrected chi connectivity index (χ0v) is 13.0. The maximum Gasteiger partial charge on any atom is 0.392 e. The fourth-order valence-corrected chi connectivity index (χ4v) is 4.63. The van der Waals surface area contributed by atoms with Crippen LogP contribution in [0.1, 0.15) is 64.7 Å². The first kappa shape index (κ1) is 17.1. The zero-order valence-electron chi connectivity index (χ0n) is 13.0. The van der Waals surface area contributed by atoms with Crippen LogP contribution in [0.2, 0.25) is 0 Å². The van der Waals surface area contributed by atoms with Crippen LogP contribution in [0.25, 0.3) is 0 Å². The molecule has 124 valence electrons. The third-order valence-electron chi connectivity index (χ3n) is 5.80. The van der Waals surface area contributed by atoms with E-state index < -0.39 is 12.1 Å². The monoisotopic (exact) mass is 306 g/mol. The van der Waals surface area contributed by atoms with Gasteiger partial charge in [-0.05, 0) is 43.4 Å². The van der Waals surface area contributed by atoms with Crippen molar-refractivity contribution in [3.63, 3.8) is 0 Å². The first-order valence-corrected chi connectivity index (χ1v) is 8.50. The highest BCUT2D eigenvalue weighted by atomic mass is 19.4. The van der Waals surface area contributed by atoms with Crippen molar-refractivity contribution in [3.8, 4) is 0 Å². The standard InChI is InChI=1S/C16H29F3N2/c1-2-11-6-5-7-12(10-11)15(21-20)13-8-3-4-9-14(13)16(17,18)19/h11-15,21H,2-10,20H2,1H3. The van der Waals surface area contributed by atoms with Gasteiger partial charge in [-0.25, -0.2) is 0 Å². The third-order valence-corrected chi connectivity index (χ3v) is 5.80. The normalized spacial score (nSPS) is 36.4. The predicted molar refractivity (Wildman–Crippen MR) is 78.4 cm³/mol. The summed E-state index contributed by atoms with van der Waals surface area (Å²) in [5, 5.41) is 0. The Labute approximate surface area is 126 Å². The van der Waals surface area contributed by atoms with Gasteiger partial charge < -0.3 is 0 Å². The molecule has 0 aliphatic heterocycles. The van der Waals surface area contributed by atoms with Gasteiger partial charge in [0, 0.05) is 6.04 Å². The topological polar surface area (TPSA) is 38.0 Å². The van der Waals surface area contributed by atoms with Gasteiger partial charge in [0.05, 0.1) is 5.92 Å². The van der Waals surface area contributed by atoms with E-state index in [0.29, 0.717) is 24.7 Å². The molecule has 0 radical (unpaired) electrons. The lowest BCUT2D eigenvalue weighted by molar-refractivity contribution is -0.201. The van der Waals surface area contributed by atoms with E-state index in [1.165, 1.54) is 6.42 Å². The second-order valence-electron chi connectivity index (χ2n) is 6.99. The Morgan fingerprint density at radius 3 is 2.43 bits per heavy atom. The highest BCUT2D eigenvalue weighted by molar-refractivity contribution is 4.92. The fourth-order valence-electron chi connectivity index (χ4n) is 4.63. The molecule has 2 aliphatic rings. The molecular formula is C16H29F3N2. The smallest absolute Gasteiger partial charge is 0.271 e. The van der Waals surface area contributed by atoms with Gasteiger partial charge in [-0.1, -0.05) is 39.0 Å². The maximum absolute atomic E-state index is 13.3. The summed E-state index contributed by atoms with van der Waals surface area (Å²) in [6.07, 6.45) is 3.98. The lowest BCUT2D eigenvalue weighted by Crippen LogP contribution is -2.52. The molecule has 0 heterocycles. The predicted octanol–water partition coefficient (Wildman–Crippen LogP) is 4.40. The van der Waals surface area contributed by atoms with Crippen LogP contribution in [-0.2, 0) is 0 Å². The van der Waals surface area contributed by atoms with Crippen LogP contribution in [0.5, 0.6) is 0 Å². The summed E-state index contributed by atoms with van der Waals surface area (Å²) in [7, 11) is 0. The first-order chi connectivity index (χ1) is 9.97. The average molecular weight is 306 g/mol. The van der Waals surface area contributed by atoms with Gasteiger partial charge in [0.2, 0.25) is 0 Å². The molecule has 2 saturated carbocycles. The SMILES string of the molecule is CCC1CCCC(C(NN)C2CCCCC2C(F)(F)F)C1. The lowest BCUT2D eigenvalue weighted by atomic mass is 9.67. The van der Waals surface area contributed by atoms with Crippen molar-refractivity contribution in [1.82, 2.24) is 5.43 Å². The van der Waals surface area contributed by atoms with Gasteiger partial charge >= 0.3 is 6.18 Å². The van der Waals surface area contributed by atoms with Crippen molar-refractivity contribution < 1.29 is 13.2 Å². The van der Waals surface area contributed by atoms with E-state index in [9.17, 15) is 13.2 Å². The van der Waals surface area contributed by atoms with Crippen molar-refractivity contribution in [2.24, 2.45) is 29.5 Å². The Morgan fingerprint density at radius 1 is 1.10 bits per heavy atom. The van der Waals surface area contributed by atoms with Crippen LogP contribution in [0, 0.1) is 23.7 Å². The number of rotatable bonds is 4. The van der Waals surface area contributed by atoms with Gasteiger partial charge in [0.25, 0.3) is 0 Å². The van der Waals surface area contributed by atoms with Crippen LogP contribution in [-0.4, -0.2) is 12.2 Å². The van der Waals surface area contributed by atoms with Crippen molar-refractivity contribution >= 4 is 0 Å². The minimum Gasteiger partial charge on any atom is -0.271 e. The molecule has 2 aliphatic carbocycles. The number of hydrazine groups is 1. The molecule has 0 bridgehead atoms. The number of nitrogens with two attached hydrogens (primary N) is 1. The van der Waals surface area contributed by atoms with E-state index >= 15 is 0 Å². The summed E-state index contributed by atoms with van der Waals surface area (Å²) in [6.45, 7) is 2.18. The Morgan fingerprint density at radius 2 is 1.81 bits per heavy atom. The minimum absolute atomic E-state index is 0.175. The van der Waals surface area contributed by atoms with Crippen LogP contribution < -0.4 is 11.3 Å². The lowest BCUT2D eigenvalue weighted by Gasteiger charge is -2.43. The van der Waals surface area contributed by atoms with Gasteiger partial charge in [-0.3, -0.25) is 11.3 Å². The molecule has 3 N–H and O–H groups in total. The Balaban J connectivity index is 2.10. The molecule has 0 amide bonds. The highest BCUT2D eigenvalue weighted by Crippen LogP contribution is 2.46. The van der Waals surface area contributed by atoms with Crippen LogP contribution in [0.4, 0.5) is 13.2 Å². The summed E-state index contributed by atoms with van der Waals surface area (Å²) >= 11 is 0. The van der Waals surface area contributed by atoms with E-state index in [-0.39, 0.29) is 18.4 Å². The molecule has 0 aromatic carbocycles. The van der Waals surface area contributed by atoms with E-state index in [1.54, 1.807) is 0 Å². The number of halogens is 3. The number of nitrogens with one attached hydrogen (secondary N) is 1. The summed E-state index contributed by atoms with van der Waals surface area (Å²) in [5.41, 5.74) is 2.79. The summed E-state index contributed by atoms with van der Waals surface area (Å²) in [6, 6.07) is -0.175. The van der Waals surface area contributed by atoms with Crippen LogP contribution in [0.3, 0.4) is 0 Å².